The molecule has 1 saturated heterocycles. The highest BCUT2D eigenvalue weighted by Gasteiger charge is 2.40. The maximum Gasteiger partial charge on any atom is 0.274 e. The Morgan fingerprint density at radius 3 is 2.88 bits per heavy atom. The molecule has 25 heavy (non-hydrogen) atoms. The number of ether oxygens (including phenoxy) is 3. The van der Waals surface area contributed by atoms with Crippen molar-refractivity contribution in [2.75, 3.05) is 26.9 Å². The summed E-state index contributed by atoms with van der Waals surface area (Å²) in [6.07, 6.45) is 8.51. The van der Waals surface area contributed by atoms with Gasteiger partial charge in [0.2, 0.25) is 5.88 Å². The van der Waals surface area contributed by atoms with E-state index in [1.807, 2.05) is 4.90 Å². The van der Waals surface area contributed by atoms with E-state index in [-0.39, 0.29) is 24.2 Å². The molecule has 3 fully saturated rings. The predicted molar refractivity (Wildman–Crippen MR) is 89.5 cm³/mol. The fourth-order valence-electron chi connectivity index (χ4n) is 3.67. The number of fused-ring (bicyclic) bond motifs is 1. The Morgan fingerprint density at radius 2 is 2.16 bits per heavy atom. The highest BCUT2D eigenvalue weighted by Crippen LogP contribution is 2.31. The fraction of sp³-hybridized carbons (Fsp3) is 0.722. The lowest BCUT2D eigenvalue weighted by molar-refractivity contribution is -0.101. The van der Waals surface area contributed by atoms with Crippen molar-refractivity contribution in [1.29, 1.82) is 0 Å². The van der Waals surface area contributed by atoms with E-state index in [0.717, 1.165) is 19.3 Å². The number of hydrogen-bond acceptors (Lipinski definition) is 6. The Morgan fingerprint density at radius 1 is 1.28 bits per heavy atom. The van der Waals surface area contributed by atoms with Gasteiger partial charge >= 0.3 is 0 Å². The molecule has 0 N–H and O–H groups in total. The van der Waals surface area contributed by atoms with E-state index in [2.05, 4.69) is 9.97 Å². The molecule has 4 rings (SSSR count). The highest BCUT2D eigenvalue weighted by atomic mass is 16.5. The van der Waals surface area contributed by atoms with Crippen molar-refractivity contribution in [1.82, 2.24) is 14.9 Å². The summed E-state index contributed by atoms with van der Waals surface area (Å²) in [6, 6.07) is 0.0487. The monoisotopic (exact) mass is 347 g/mol. The molecule has 0 bridgehead atoms. The van der Waals surface area contributed by atoms with Crippen LogP contribution in [0.1, 0.15) is 42.6 Å². The summed E-state index contributed by atoms with van der Waals surface area (Å²) in [5.74, 6) is 1.06. The standard InChI is InChI=1S/C18H25N3O4/c1-23-13-4-5-16-15(8-13)21(6-7-24-16)18(22)14-9-20-17(10-19-14)25-11-12-2-3-12/h9-10,12-13,15-16H,2-8,11H2,1H3/t13-,15-,16+/m1/s1. The lowest BCUT2D eigenvalue weighted by atomic mass is 9.88. The van der Waals surface area contributed by atoms with E-state index in [9.17, 15) is 4.79 Å². The quantitative estimate of drug-likeness (QED) is 0.807. The summed E-state index contributed by atoms with van der Waals surface area (Å²) in [5, 5.41) is 0. The topological polar surface area (TPSA) is 73.8 Å². The van der Waals surface area contributed by atoms with Crippen LogP contribution in [-0.4, -0.2) is 65.9 Å². The number of hydrogen-bond donors (Lipinski definition) is 0. The van der Waals surface area contributed by atoms with Crippen LogP contribution in [0.4, 0.5) is 0 Å². The summed E-state index contributed by atoms with van der Waals surface area (Å²) >= 11 is 0. The molecule has 1 aromatic heterocycles. The van der Waals surface area contributed by atoms with Crippen LogP contribution in [0, 0.1) is 5.92 Å². The summed E-state index contributed by atoms with van der Waals surface area (Å²) in [6.45, 7) is 1.84. The molecule has 1 aliphatic heterocycles. The Bertz CT molecular complexity index is 605. The minimum Gasteiger partial charge on any atom is -0.476 e. The van der Waals surface area contributed by atoms with Crippen molar-refractivity contribution in [2.24, 2.45) is 5.92 Å². The first kappa shape index (κ1) is 16.7. The Balaban J connectivity index is 1.43. The van der Waals surface area contributed by atoms with Gasteiger partial charge in [-0.05, 0) is 38.0 Å². The van der Waals surface area contributed by atoms with E-state index < -0.39 is 0 Å². The zero-order chi connectivity index (χ0) is 17.2. The van der Waals surface area contributed by atoms with Gasteiger partial charge < -0.3 is 19.1 Å². The van der Waals surface area contributed by atoms with Crippen LogP contribution in [0.3, 0.4) is 0 Å². The third-order valence-electron chi connectivity index (χ3n) is 5.38. The Hall–Kier alpha value is -1.73. The predicted octanol–water partition coefficient (Wildman–Crippen LogP) is 1.67. The second-order valence-electron chi connectivity index (χ2n) is 7.14. The van der Waals surface area contributed by atoms with Crippen molar-refractivity contribution >= 4 is 5.91 Å². The molecule has 3 aliphatic rings. The maximum atomic E-state index is 12.9. The maximum absolute atomic E-state index is 12.9. The second kappa shape index (κ2) is 7.25. The SMILES string of the molecule is CO[C@@H]1CC[C@@H]2OCCN(C(=O)c3cnc(OCC4CC4)cn3)[C@@H]2C1. The molecular formula is C18H25N3O4. The lowest BCUT2D eigenvalue weighted by Gasteiger charge is -2.45. The van der Waals surface area contributed by atoms with Crippen LogP contribution >= 0.6 is 0 Å². The molecule has 2 aliphatic carbocycles. The molecule has 0 radical (unpaired) electrons. The number of morpholine rings is 1. The molecule has 1 aromatic rings. The molecule has 136 valence electrons. The average Bonchev–Trinajstić information content (AvgIpc) is 3.50. The van der Waals surface area contributed by atoms with Gasteiger partial charge in [0.15, 0.2) is 0 Å². The number of rotatable bonds is 5. The summed E-state index contributed by atoms with van der Waals surface area (Å²) in [7, 11) is 1.73. The van der Waals surface area contributed by atoms with Gasteiger partial charge in [-0.25, -0.2) is 9.97 Å². The molecule has 0 unspecified atom stereocenters. The summed E-state index contributed by atoms with van der Waals surface area (Å²) < 4.78 is 17.0. The van der Waals surface area contributed by atoms with Crippen molar-refractivity contribution in [2.45, 2.75) is 50.4 Å². The van der Waals surface area contributed by atoms with E-state index in [0.29, 0.717) is 37.3 Å². The van der Waals surface area contributed by atoms with Crippen molar-refractivity contribution in [3.63, 3.8) is 0 Å². The summed E-state index contributed by atoms with van der Waals surface area (Å²) in [5.41, 5.74) is 0.360. The van der Waals surface area contributed by atoms with Crippen molar-refractivity contribution in [3.8, 4) is 5.88 Å². The van der Waals surface area contributed by atoms with Gasteiger partial charge in [0.25, 0.3) is 5.91 Å². The van der Waals surface area contributed by atoms with Gasteiger partial charge in [-0.1, -0.05) is 0 Å². The van der Waals surface area contributed by atoms with Gasteiger partial charge in [-0.2, -0.15) is 0 Å². The van der Waals surface area contributed by atoms with Crippen LogP contribution in [0.5, 0.6) is 5.88 Å². The summed E-state index contributed by atoms with van der Waals surface area (Å²) in [4.78, 5) is 23.3. The van der Waals surface area contributed by atoms with Crippen LogP contribution in [0.25, 0.3) is 0 Å². The number of aromatic nitrogens is 2. The number of methoxy groups -OCH3 is 1. The first-order valence-corrected chi connectivity index (χ1v) is 9.15. The Labute approximate surface area is 147 Å². The smallest absolute Gasteiger partial charge is 0.274 e. The number of amides is 1. The normalized spacial score (nSPS) is 29.2. The van der Waals surface area contributed by atoms with E-state index in [4.69, 9.17) is 14.2 Å². The molecule has 7 nitrogen and oxygen atoms in total. The van der Waals surface area contributed by atoms with Crippen LogP contribution in [0.2, 0.25) is 0 Å². The van der Waals surface area contributed by atoms with Gasteiger partial charge in [0.05, 0.1) is 43.9 Å². The molecule has 0 aromatic carbocycles. The van der Waals surface area contributed by atoms with Crippen molar-refractivity contribution in [3.05, 3.63) is 18.1 Å². The first-order valence-electron chi connectivity index (χ1n) is 9.15. The lowest BCUT2D eigenvalue weighted by Crippen LogP contribution is -2.57. The average molecular weight is 347 g/mol. The molecule has 1 amide bonds. The molecule has 0 spiro atoms. The van der Waals surface area contributed by atoms with Gasteiger partial charge in [0.1, 0.15) is 5.69 Å². The van der Waals surface area contributed by atoms with Crippen LogP contribution in [0.15, 0.2) is 12.4 Å². The van der Waals surface area contributed by atoms with E-state index in [1.165, 1.54) is 19.0 Å². The van der Waals surface area contributed by atoms with E-state index >= 15 is 0 Å². The van der Waals surface area contributed by atoms with Crippen LogP contribution in [-0.2, 0) is 9.47 Å². The highest BCUT2D eigenvalue weighted by molar-refractivity contribution is 5.92. The third kappa shape index (κ3) is 3.77. The number of nitrogens with zero attached hydrogens (tertiary/aromatic N) is 3. The zero-order valence-corrected chi connectivity index (χ0v) is 14.6. The molecule has 3 atom stereocenters. The first-order chi connectivity index (χ1) is 12.2. The molecule has 7 heteroatoms. The van der Waals surface area contributed by atoms with E-state index in [1.54, 1.807) is 13.3 Å². The van der Waals surface area contributed by atoms with Crippen LogP contribution < -0.4 is 4.74 Å². The van der Waals surface area contributed by atoms with Gasteiger partial charge in [-0.3, -0.25) is 4.79 Å². The molecule has 2 saturated carbocycles. The minimum absolute atomic E-state index is 0.0487. The molecular weight excluding hydrogens is 322 g/mol. The van der Waals surface area contributed by atoms with Gasteiger partial charge in [0, 0.05) is 13.7 Å². The zero-order valence-electron chi connectivity index (χ0n) is 14.6. The second-order valence-corrected chi connectivity index (χ2v) is 7.14. The fourth-order valence-corrected chi connectivity index (χ4v) is 3.67. The van der Waals surface area contributed by atoms with Gasteiger partial charge in [-0.15, -0.1) is 0 Å². The number of carbonyl (C=O) groups excluding carboxylic acids is 1. The largest absolute Gasteiger partial charge is 0.476 e. The Kier molecular flexibility index (Phi) is 4.85. The molecule has 2 heterocycles. The third-order valence-corrected chi connectivity index (χ3v) is 5.38. The minimum atomic E-state index is -0.0868. The number of carbonyl (C=O) groups is 1. The van der Waals surface area contributed by atoms with Crippen molar-refractivity contribution < 1.29 is 19.0 Å².